The standard InChI is InChI=1S/C19H19NO3/c21-18(16-11-5-9-14-8-4-10-15(14)16)20-17(19(22)23)12-13-6-2-1-3-7-13/h1-3,5-7,9,11,17H,4,8,10,12H2,(H,20,21)(H,22,23)/t17-/m0/s1. The van der Waals surface area contributed by atoms with Crippen LogP contribution in [-0.2, 0) is 24.1 Å². The molecule has 0 spiro atoms. The molecule has 0 saturated carbocycles. The van der Waals surface area contributed by atoms with Crippen LogP contribution in [-0.4, -0.2) is 23.0 Å². The van der Waals surface area contributed by atoms with Gasteiger partial charge in [0.25, 0.3) is 5.91 Å². The molecule has 23 heavy (non-hydrogen) atoms. The summed E-state index contributed by atoms with van der Waals surface area (Å²) < 4.78 is 0. The number of aliphatic carboxylic acids is 1. The molecule has 1 amide bonds. The van der Waals surface area contributed by atoms with E-state index in [1.165, 1.54) is 5.56 Å². The number of rotatable bonds is 5. The third kappa shape index (κ3) is 3.42. The third-order valence-corrected chi connectivity index (χ3v) is 4.28. The zero-order chi connectivity index (χ0) is 16.2. The molecular weight excluding hydrogens is 290 g/mol. The predicted molar refractivity (Wildman–Crippen MR) is 87.5 cm³/mol. The van der Waals surface area contributed by atoms with Gasteiger partial charge in [0.1, 0.15) is 6.04 Å². The van der Waals surface area contributed by atoms with Gasteiger partial charge in [-0.15, -0.1) is 0 Å². The molecule has 0 heterocycles. The van der Waals surface area contributed by atoms with E-state index in [1.807, 2.05) is 42.5 Å². The van der Waals surface area contributed by atoms with E-state index in [-0.39, 0.29) is 12.3 Å². The average molecular weight is 309 g/mol. The molecule has 0 aromatic heterocycles. The average Bonchev–Trinajstić information content (AvgIpc) is 3.03. The van der Waals surface area contributed by atoms with Gasteiger partial charge < -0.3 is 10.4 Å². The number of hydrogen-bond acceptors (Lipinski definition) is 2. The van der Waals surface area contributed by atoms with Gasteiger partial charge in [0.15, 0.2) is 0 Å². The quantitative estimate of drug-likeness (QED) is 0.892. The number of benzene rings is 2. The van der Waals surface area contributed by atoms with Crippen molar-refractivity contribution in [2.75, 3.05) is 0 Å². The Morgan fingerprint density at radius 3 is 2.57 bits per heavy atom. The highest BCUT2D eigenvalue weighted by Gasteiger charge is 2.24. The van der Waals surface area contributed by atoms with Gasteiger partial charge in [-0.3, -0.25) is 4.79 Å². The summed E-state index contributed by atoms with van der Waals surface area (Å²) in [5.74, 6) is -1.32. The van der Waals surface area contributed by atoms with Crippen LogP contribution in [0.4, 0.5) is 0 Å². The lowest BCUT2D eigenvalue weighted by Crippen LogP contribution is -2.42. The summed E-state index contributed by atoms with van der Waals surface area (Å²) in [6.45, 7) is 0. The predicted octanol–water partition coefficient (Wildman–Crippen LogP) is 2.60. The van der Waals surface area contributed by atoms with Crippen molar-refractivity contribution in [1.29, 1.82) is 0 Å². The van der Waals surface area contributed by atoms with Crippen molar-refractivity contribution in [3.05, 3.63) is 70.8 Å². The molecule has 0 saturated heterocycles. The summed E-state index contributed by atoms with van der Waals surface area (Å²) in [4.78, 5) is 24.0. The van der Waals surface area contributed by atoms with Gasteiger partial charge in [0.2, 0.25) is 0 Å². The lowest BCUT2D eigenvalue weighted by Gasteiger charge is -2.16. The van der Waals surface area contributed by atoms with Crippen molar-refractivity contribution >= 4 is 11.9 Å². The summed E-state index contributed by atoms with van der Waals surface area (Å²) >= 11 is 0. The second kappa shape index (κ2) is 6.65. The lowest BCUT2D eigenvalue weighted by molar-refractivity contribution is -0.139. The first-order chi connectivity index (χ1) is 11.1. The van der Waals surface area contributed by atoms with Crippen LogP contribution in [0.5, 0.6) is 0 Å². The number of carboxylic acids is 1. The SMILES string of the molecule is O=C(N[C@@H](Cc1ccccc1)C(=O)O)c1cccc2c1CCC2. The molecule has 0 bridgehead atoms. The van der Waals surface area contributed by atoms with Crippen LogP contribution in [0.3, 0.4) is 0 Å². The Balaban J connectivity index is 1.77. The first kappa shape index (κ1) is 15.3. The number of hydrogen-bond donors (Lipinski definition) is 2. The minimum absolute atomic E-state index is 0.275. The zero-order valence-electron chi connectivity index (χ0n) is 12.8. The molecule has 0 radical (unpaired) electrons. The van der Waals surface area contributed by atoms with E-state index in [0.717, 1.165) is 30.4 Å². The van der Waals surface area contributed by atoms with Crippen LogP contribution in [0.15, 0.2) is 48.5 Å². The van der Waals surface area contributed by atoms with Gasteiger partial charge in [-0.1, -0.05) is 42.5 Å². The molecule has 118 valence electrons. The zero-order valence-corrected chi connectivity index (χ0v) is 12.8. The van der Waals surface area contributed by atoms with Crippen LogP contribution < -0.4 is 5.32 Å². The first-order valence-electron chi connectivity index (χ1n) is 7.83. The summed E-state index contributed by atoms with van der Waals surface area (Å²) in [5.41, 5.74) is 3.76. The minimum atomic E-state index is -1.02. The maximum absolute atomic E-state index is 12.5. The number of amides is 1. The highest BCUT2D eigenvalue weighted by Crippen LogP contribution is 2.25. The molecule has 0 fully saturated rings. The minimum Gasteiger partial charge on any atom is -0.480 e. The Morgan fingerprint density at radius 2 is 1.83 bits per heavy atom. The summed E-state index contributed by atoms with van der Waals surface area (Å²) in [5, 5.41) is 12.1. The van der Waals surface area contributed by atoms with Crippen molar-refractivity contribution in [3.8, 4) is 0 Å². The number of fused-ring (bicyclic) bond motifs is 1. The van der Waals surface area contributed by atoms with Gasteiger partial charge in [0.05, 0.1) is 0 Å². The van der Waals surface area contributed by atoms with Crippen LogP contribution in [0.1, 0.15) is 33.5 Å². The van der Waals surface area contributed by atoms with Gasteiger partial charge >= 0.3 is 5.97 Å². The Bertz CT molecular complexity index is 725. The van der Waals surface area contributed by atoms with Crippen LogP contribution in [0.25, 0.3) is 0 Å². The van der Waals surface area contributed by atoms with Gasteiger partial charge in [-0.25, -0.2) is 4.79 Å². The second-order valence-electron chi connectivity index (χ2n) is 5.85. The molecule has 4 nitrogen and oxygen atoms in total. The van der Waals surface area contributed by atoms with E-state index in [9.17, 15) is 14.7 Å². The summed E-state index contributed by atoms with van der Waals surface area (Å²) in [7, 11) is 0. The lowest BCUT2D eigenvalue weighted by atomic mass is 10.0. The van der Waals surface area contributed by atoms with Crippen molar-refractivity contribution in [2.24, 2.45) is 0 Å². The summed E-state index contributed by atoms with van der Waals surface area (Å²) in [6, 6.07) is 14.1. The van der Waals surface area contributed by atoms with Gasteiger partial charge in [0, 0.05) is 12.0 Å². The Labute approximate surface area is 135 Å². The van der Waals surface area contributed by atoms with E-state index in [1.54, 1.807) is 6.07 Å². The Hall–Kier alpha value is -2.62. The first-order valence-corrected chi connectivity index (χ1v) is 7.83. The molecular formula is C19H19NO3. The maximum atomic E-state index is 12.5. The highest BCUT2D eigenvalue weighted by atomic mass is 16.4. The Morgan fingerprint density at radius 1 is 1.04 bits per heavy atom. The van der Waals surface area contributed by atoms with Gasteiger partial charge in [-0.05, 0) is 42.0 Å². The van der Waals surface area contributed by atoms with Gasteiger partial charge in [-0.2, -0.15) is 0 Å². The monoisotopic (exact) mass is 309 g/mol. The molecule has 0 unspecified atom stereocenters. The Kier molecular flexibility index (Phi) is 4.42. The smallest absolute Gasteiger partial charge is 0.326 e. The molecule has 1 aliphatic carbocycles. The molecule has 1 atom stereocenters. The molecule has 2 aromatic rings. The topological polar surface area (TPSA) is 66.4 Å². The number of carbonyl (C=O) groups excluding carboxylic acids is 1. The molecule has 0 aliphatic heterocycles. The van der Waals surface area contributed by atoms with E-state index in [2.05, 4.69) is 5.32 Å². The molecule has 2 N–H and O–H groups in total. The highest BCUT2D eigenvalue weighted by molar-refractivity contribution is 5.98. The largest absolute Gasteiger partial charge is 0.480 e. The molecule has 3 rings (SSSR count). The maximum Gasteiger partial charge on any atom is 0.326 e. The number of nitrogens with one attached hydrogen (secondary N) is 1. The number of carbonyl (C=O) groups is 2. The fourth-order valence-electron chi connectivity index (χ4n) is 3.12. The fraction of sp³-hybridized carbons (Fsp3) is 0.263. The summed E-state index contributed by atoms with van der Waals surface area (Å²) in [6.07, 6.45) is 3.20. The number of aryl methyl sites for hydroxylation is 1. The fourth-order valence-corrected chi connectivity index (χ4v) is 3.12. The number of carboxylic acid groups (broad SMARTS) is 1. The van der Waals surface area contributed by atoms with Crippen molar-refractivity contribution < 1.29 is 14.7 Å². The molecule has 2 aromatic carbocycles. The van der Waals surface area contributed by atoms with E-state index < -0.39 is 12.0 Å². The molecule has 4 heteroatoms. The van der Waals surface area contributed by atoms with Crippen molar-refractivity contribution in [3.63, 3.8) is 0 Å². The molecule has 1 aliphatic rings. The van der Waals surface area contributed by atoms with E-state index in [4.69, 9.17) is 0 Å². The van der Waals surface area contributed by atoms with Crippen molar-refractivity contribution in [2.45, 2.75) is 31.7 Å². The van der Waals surface area contributed by atoms with Crippen LogP contribution in [0, 0.1) is 0 Å². The second-order valence-corrected chi connectivity index (χ2v) is 5.85. The normalized spacial score (nSPS) is 14.1. The van der Waals surface area contributed by atoms with Crippen molar-refractivity contribution in [1.82, 2.24) is 5.32 Å². The van der Waals surface area contributed by atoms with Crippen LogP contribution in [0.2, 0.25) is 0 Å². The van der Waals surface area contributed by atoms with Crippen LogP contribution >= 0.6 is 0 Å². The third-order valence-electron chi connectivity index (χ3n) is 4.28. The van der Waals surface area contributed by atoms with E-state index >= 15 is 0 Å². The van der Waals surface area contributed by atoms with E-state index in [0.29, 0.717) is 5.56 Å².